The van der Waals surface area contributed by atoms with Gasteiger partial charge in [-0.1, -0.05) is 45.0 Å². The fourth-order valence-corrected chi connectivity index (χ4v) is 2.65. The molecule has 1 unspecified atom stereocenters. The summed E-state index contributed by atoms with van der Waals surface area (Å²) in [5.41, 5.74) is 1.62. The minimum absolute atomic E-state index is 0. The van der Waals surface area contributed by atoms with Crippen LogP contribution < -0.4 is 16.0 Å². The number of carbonyl (C=O) groups is 2. The minimum atomic E-state index is -0.783. The number of halogens is 2. The molecule has 0 fully saturated rings. The second-order valence-electron chi connectivity index (χ2n) is 6.64. The predicted molar refractivity (Wildman–Crippen MR) is 112 cm³/mol. The van der Waals surface area contributed by atoms with Gasteiger partial charge in [-0.2, -0.15) is 0 Å². The zero-order valence-electron chi connectivity index (χ0n) is 16.3. The molecule has 0 aliphatic rings. The summed E-state index contributed by atoms with van der Waals surface area (Å²) < 4.78 is 13.8. The molecular weight excluding hydrogens is 381 g/mol. The number of nitrogens with one attached hydrogen (secondary N) is 3. The Labute approximate surface area is 171 Å². The summed E-state index contributed by atoms with van der Waals surface area (Å²) in [6, 6.07) is 12.4. The van der Waals surface area contributed by atoms with Crippen LogP contribution in [0.4, 0.5) is 10.1 Å². The second-order valence-corrected chi connectivity index (χ2v) is 6.64. The van der Waals surface area contributed by atoms with Gasteiger partial charge in [0.15, 0.2) is 0 Å². The molecule has 28 heavy (non-hydrogen) atoms. The lowest BCUT2D eigenvalue weighted by molar-refractivity contribution is -0.118. The Morgan fingerprint density at radius 1 is 1.07 bits per heavy atom. The van der Waals surface area contributed by atoms with Gasteiger partial charge in [0.1, 0.15) is 11.9 Å². The van der Waals surface area contributed by atoms with Crippen molar-refractivity contribution < 1.29 is 14.0 Å². The van der Waals surface area contributed by atoms with Crippen molar-refractivity contribution in [2.75, 3.05) is 11.9 Å². The lowest BCUT2D eigenvalue weighted by Gasteiger charge is -2.22. The number of amides is 2. The van der Waals surface area contributed by atoms with Crippen LogP contribution in [0.15, 0.2) is 48.5 Å². The number of hydrogen-bond donors (Lipinski definition) is 3. The van der Waals surface area contributed by atoms with Crippen molar-refractivity contribution in [1.82, 2.24) is 10.6 Å². The lowest BCUT2D eigenvalue weighted by Crippen LogP contribution is -2.47. The van der Waals surface area contributed by atoms with Gasteiger partial charge in [0, 0.05) is 12.2 Å². The monoisotopic (exact) mass is 407 g/mol. The Balaban J connectivity index is 0.00000392. The first-order valence-electron chi connectivity index (χ1n) is 9.08. The third-order valence-electron chi connectivity index (χ3n) is 4.13. The van der Waals surface area contributed by atoms with Crippen molar-refractivity contribution in [1.29, 1.82) is 0 Å². The van der Waals surface area contributed by atoms with Crippen LogP contribution in [0.2, 0.25) is 0 Å². The molecule has 2 amide bonds. The highest BCUT2D eigenvalue weighted by atomic mass is 35.5. The van der Waals surface area contributed by atoms with Gasteiger partial charge in [0.25, 0.3) is 5.91 Å². The summed E-state index contributed by atoms with van der Waals surface area (Å²) in [5.74, 6) is -1.72. The Kier molecular flexibility index (Phi) is 9.62. The first-order chi connectivity index (χ1) is 12.9. The van der Waals surface area contributed by atoms with E-state index in [9.17, 15) is 14.0 Å². The van der Waals surface area contributed by atoms with E-state index in [4.69, 9.17) is 0 Å². The zero-order chi connectivity index (χ0) is 19.8. The van der Waals surface area contributed by atoms with E-state index in [2.05, 4.69) is 16.0 Å². The first-order valence-corrected chi connectivity index (χ1v) is 9.08. The van der Waals surface area contributed by atoms with E-state index >= 15 is 0 Å². The fourth-order valence-electron chi connectivity index (χ4n) is 2.65. The highest BCUT2D eigenvalue weighted by Crippen LogP contribution is 2.14. The summed E-state index contributed by atoms with van der Waals surface area (Å²) in [4.78, 5) is 25.1. The molecule has 0 spiro atoms. The van der Waals surface area contributed by atoms with E-state index in [1.807, 2.05) is 39.0 Å². The number of carbonyl (C=O) groups excluding carboxylic acids is 2. The third-order valence-corrected chi connectivity index (χ3v) is 4.13. The van der Waals surface area contributed by atoms with Gasteiger partial charge >= 0.3 is 0 Å². The number of benzene rings is 2. The maximum atomic E-state index is 13.8. The van der Waals surface area contributed by atoms with Gasteiger partial charge in [-0.25, -0.2) is 4.39 Å². The zero-order valence-corrected chi connectivity index (χ0v) is 17.1. The van der Waals surface area contributed by atoms with E-state index in [1.54, 1.807) is 12.1 Å². The van der Waals surface area contributed by atoms with E-state index in [-0.39, 0.29) is 29.8 Å². The smallest absolute Gasteiger partial charge is 0.254 e. The van der Waals surface area contributed by atoms with Crippen molar-refractivity contribution in [2.45, 2.75) is 33.4 Å². The Morgan fingerprint density at radius 3 is 2.43 bits per heavy atom. The van der Waals surface area contributed by atoms with Crippen LogP contribution in [0.25, 0.3) is 0 Å². The molecule has 0 aliphatic heterocycles. The van der Waals surface area contributed by atoms with Crippen LogP contribution in [0.5, 0.6) is 0 Å². The molecule has 7 heteroatoms. The minimum Gasteiger partial charge on any atom is -0.340 e. The molecule has 5 nitrogen and oxygen atoms in total. The van der Waals surface area contributed by atoms with Gasteiger partial charge < -0.3 is 16.0 Å². The molecule has 0 bridgehead atoms. The van der Waals surface area contributed by atoms with Gasteiger partial charge in [0.2, 0.25) is 5.91 Å². The Morgan fingerprint density at radius 2 is 1.79 bits per heavy atom. The molecule has 0 saturated carbocycles. The standard InChI is InChI=1S/C21H26FN3O2.ClH/c1-4-23-13-15-8-7-9-16(12-15)24-21(27)19(14(2)3)25-20(26)17-10-5-6-11-18(17)22;/h5-12,14,19,23H,4,13H2,1-3H3,(H,24,27)(H,25,26);1H. The molecule has 2 aromatic carbocycles. The van der Waals surface area contributed by atoms with Crippen LogP contribution >= 0.6 is 12.4 Å². The summed E-state index contributed by atoms with van der Waals surface area (Å²) in [5, 5.41) is 8.71. The average Bonchev–Trinajstić information content (AvgIpc) is 2.64. The van der Waals surface area contributed by atoms with Crippen LogP contribution in [0.3, 0.4) is 0 Å². The van der Waals surface area contributed by atoms with E-state index in [1.165, 1.54) is 18.2 Å². The molecule has 1 atom stereocenters. The molecule has 3 N–H and O–H groups in total. The highest BCUT2D eigenvalue weighted by molar-refractivity contribution is 6.01. The van der Waals surface area contributed by atoms with Crippen LogP contribution in [0.1, 0.15) is 36.7 Å². The molecule has 0 radical (unpaired) electrons. The van der Waals surface area contributed by atoms with E-state index < -0.39 is 17.8 Å². The highest BCUT2D eigenvalue weighted by Gasteiger charge is 2.25. The predicted octanol–water partition coefficient (Wildman–Crippen LogP) is 3.75. The van der Waals surface area contributed by atoms with Gasteiger partial charge in [0.05, 0.1) is 5.56 Å². The summed E-state index contributed by atoms with van der Waals surface area (Å²) in [6.07, 6.45) is 0. The maximum Gasteiger partial charge on any atom is 0.254 e. The molecule has 2 rings (SSSR count). The molecular formula is C21H27ClFN3O2. The van der Waals surface area contributed by atoms with Crippen molar-refractivity contribution >= 4 is 29.9 Å². The van der Waals surface area contributed by atoms with Gasteiger partial charge in [-0.3, -0.25) is 9.59 Å². The van der Waals surface area contributed by atoms with Crippen molar-refractivity contribution in [3.8, 4) is 0 Å². The summed E-state index contributed by atoms with van der Waals surface area (Å²) in [6.45, 7) is 7.24. The number of rotatable bonds is 8. The van der Waals surface area contributed by atoms with E-state index in [0.717, 1.165) is 12.1 Å². The van der Waals surface area contributed by atoms with Crippen molar-refractivity contribution in [3.05, 3.63) is 65.5 Å². The number of hydrogen-bond acceptors (Lipinski definition) is 3. The molecule has 0 aliphatic carbocycles. The normalized spacial score (nSPS) is 11.5. The van der Waals surface area contributed by atoms with Gasteiger partial charge in [-0.15, -0.1) is 12.4 Å². The molecule has 152 valence electrons. The van der Waals surface area contributed by atoms with Gasteiger partial charge in [-0.05, 0) is 42.3 Å². The second kappa shape index (κ2) is 11.4. The first kappa shape index (κ1) is 23.6. The maximum absolute atomic E-state index is 13.8. The van der Waals surface area contributed by atoms with Crippen molar-refractivity contribution in [2.24, 2.45) is 5.92 Å². The van der Waals surface area contributed by atoms with Crippen LogP contribution in [-0.2, 0) is 11.3 Å². The average molecular weight is 408 g/mol. The Hall–Kier alpha value is -2.44. The third kappa shape index (κ3) is 6.62. The molecule has 0 saturated heterocycles. The largest absolute Gasteiger partial charge is 0.340 e. The Bertz CT molecular complexity index is 799. The van der Waals surface area contributed by atoms with E-state index in [0.29, 0.717) is 12.2 Å². The fraction of sp³-hybridized carbons (Fsp3) is 0.333. The topological polar surface area (TPSA) is 70.2 Å². The molecule has 2 aromatic rings. The molecule has 0 aromatic heterocycles. The number of anilines is 1. The van der Waals surface area contributed by atoms with Crippen LogP contribution in [-0.4, -0.2) is 24.4 Å². The lowest BCUT2D eigenvalue weighted by atomic mass is 10.0. The van der Waals surface area contributed by atoms with Crippen molar-refractivity contribution in [3.63, 3.8) is 0 Å². The molecule has 0 heterocycles. The quantitative estimate of drug-likeness (QED) is 0.624. The summed E-state index contributed by atoms with van der Waals surface area (Å²) >= 11 is 0. The summed E-state index contributed by atoms with van der Waals surface area (Å²) in [7, 11) is 0. The van der Waals surface area contributed by atoms with Crippen LogP contribution in [0, 0.1) is 11.7 Å². The SMILES string of the molecule is CCNCc1cccc(NC(=O)C(NC(=O)c2ccccc2F)C(C)C)c1.Cl.